The lowest BCUT2D eigenvalue weighted by Gasteiger charge is -2.41. The number of halogens is 1. The van der Waals surface area contributed by atoms with Crippen LogP contribution in [0.3, 0.4) is 0 Å². The molecule has 1 aliphatic carbocycles. The summed E-state index contributed by atoms with van der Waals surface area (Å²) in [4.78, 5) is 0. The monoisotopic (exact) mass is 351 g/mol. The first kappa shape index (κ1) is 18.7. The molecule has 0 aliphatic heterocycles. The number of anilines is 1. The van der Waals surface area contributed by atoms with Crippen LogP contribution in [0.4, 0.5) is 10.1 Å². The van der Waals surface area contributed by atoms with Gasteiger partial charge in [-0.3, -0.25) is 0 Å². The molecule has 138 valence electrons. The van der Waals surface area contributed by atoms with Gasteiger partial charge in [-0.1, -0.05) is 56.3 Å². The lowest BCUT2D eigenvalue weighted by Crippen LogP contribution is -2.37. The first-order chi connectivity index (χ1) is 12.1. The number of hydrogen-bond acceptors (Lipinski definition) is 1. The van der Waals surface area contributed by atoms with Crippen molar-refractivity contribution in [1.29, 1.82) is 0 Å². The van der Waals surface area contributed by atoms with Crippen LogP contribution in [0.25, 0.3) is 5.57 Å². The lowest BCUT2D eigenvalue weighted by molar-refractivity contribution is 0.0651. The minimum atomic E-state index is -1.36. The second-order valence-corrected chi connectivity index (χ2v) is 8.32. The van der Waals surface area contributed by atoms with E-state index in [4.69, 9.17) is 0 Å². The minimum Gasteiger partial charge on any atom is -0.384 e. The number of benzene rings is 2. The molecular weight excluding hydrogens is 321 g/mol. The first-order valence-corrected chi connectivity index (χ1v) is 9.46. The molecule has 1 aliphatic rings. The standard InChI is InChI=1S/C24H30FN/c1-16-11-12-17(2)22(18(16)3)26-14-13-19-15-23(4,5)24(6,25)21-10-8-7-9-20(19)21/h7-12,15,26H,13-14H2,1-6H3. The Balaban J connectivity index is 1.85. The van der Waals surface area contributed by atoms with E-state index in [1.54, 1.807) is 6.92 Å². The summed E-state index contributed by atoms with van der Waals surface area (Å²) in [7, 11) is 0. The number of aryl methyl sites for hydroxylation is 2. The van der Waals surface area contributed by atoms with Gasteiger partial charge in [-0.25, -0.2) is 4.39 Å². The summed E-state index contributed by atoms with van der Waals surface area (Å²) >= 11 is 0. The summed E-state index contributed by atoms with van der Waals surface area (Å²) in [5, 5.41) is 3.61. The van der Waals surface area contributed by atoms with Gasteiger partial charge in [-0.2, -0.15) is 0 Å². The number of alkyl halides is 1. The van der Waals surface area contributed by atoms with Crippen molar-refractivity contribution in [2.75, 3.05) is 11.9 Å². The SMILES string of the molecule is Cc1ccc(C)c(NCCC2=CC(C)(C)C(C)(F)c3ccccc32)c1C. The summed E-state index contributed by atoms with van der Waals surface area (Å²) in [6, 6.07) is 12.3. The van der Waals surface area contributed by atoms with E-state index in [9.17, 15) is 0 Å². The summed E-state index contributed by atoms with van der Waals surface area (Å²) in [5.74, 6) is 0. The summed E-state index contributed by atoms with van der Waals surface area (Å²) in [6.07, 6.45) is 3.01. The Morgan fingerprint density at radius 3 is 2.31 bits per heavy atom. The average Bonchev–Trinajstić information content (AvgIpc) is 2.59. The van der Waals surface area contributed by atoms with Gasteiger partial charge in [0.1, 0.15) is 5.67 Å². The van der Waals surface area contributed by atoms with E-state index < -0.39 is 11.1 Å². The van der Waals surface area contributed by atoms with Crippen molar-refractivity contribution >= 4 is 11.3 Å². The van der Waals surface area contributed by atoms with E-state index in [1.165, 1.54) is 28.0 Å². The van der Waals surface area contributed by atoms with Gasteiger partial charge in [0, 0.05) is 17.6 Å². The van der Waals surface area contributed by atoms with E-state index in [0.29, 0.717) is 0 Å². The third-order valence-electron chi connectivity index (χ3n) is 6.16. The topological polar surface area (TPSA) is 12.0 Å². The Kier molecular flexibility index (Phi) is 4.72. The van der Waals surface area contributed by atoms with Gasteiger partial charge in [0.2, 0.25) is 0 Å². The molecular formula is C24H30FN. The van der Waals surface area contributed by atoms with Gasteiger partial charge in [0.05, 0.1) is 0 Å². The molecule has 1 unspecified atom stereocenters. The predicted octanol–water partition coefficient (Wildman–Crippen LogP) is 6.72. The van der Waals surface area contributed by atoms with Gasteiger partial charge < -0.3 is 5.32 Å². The molecule has 2 aromatic carbocycles. The lowest BCUT2D eigenvalue weighted by atomic mass is 9.66. The number of rotatable bonds is 4. The number of hydrogen-bond donors (Lipinski definition) is 1. The van der Waals surface area contributed by atoms with Crippen molar-refractivity contribution < 1.29 is 4.39 Å². The van der Waals surface area contributed by atoms with Crippen LogP contribution in [0.5, 0.6) is 0 Å². The van der Waals surface area contributed by atoms with E-state index in [0.717, 1.165) is 24.1 Å². The average molecular weight is 352 g/mol. The molecule has 3 rings (SSSR count). The molecule has 0 fully saturated rings. The van der Waals surface area contributed by atoms with Crippen molar-refractivity contribution in [3.63, 3.8) is 0 Å². The van der Waals surface area contributed by atoms with Crippen molar-refractivity contribution in [2.24, 2.45) is 5.41 Å². The van der Waals surface area contributed by atoms with E-state index in [1.807, 2.05) is 32.0 Å². The van der Waals surface area contributed by atoms with Gasteiger partial charge >= 0.3 is 0 Å². The Morgan fingerprint density at radius 1 is 0.923 bits per heavy atom. The molecule has 0 radical (unpaired) electrons. The number of allylic oxidation sites excluding steroid dienone is 1. The molecule has 26 heavy (non-hydrogen) atoms. The maximum atomic E-state index is 15.5. The van der Waals surface area contributed by atoms with Crippen LogP contribution in [0.15, 0.2) is 42.5 Å². The molecule has 1 nitrogen and oxygen atoms in total. The summed E-state index contributed by atoms with van der Waals surface area (Å²) < 4.78 is 15.5. The highest BCUT2D eigenvalue weighted by atomic mass is 19.1. The second-order valence-electron chi connectivity index (χ2n) is 8.32. The highest BCUT2D eigenvalue weighted by molar-refractivity contribution is 5.73. The molecule has 1 N–H and O–H groups in total. The Morgan fingerprint density at radius 2 is 1.58 bits per heavy atom. The zero-order chi connectivity index (χ0) is 19.1. The summed E-state index contributed by atoms with van der Waals surface area (Å²) in [5.41, 5.74) is 6.31. The van der Waals surface area contributed by atoms with Crippen LogP contribution >= 0.6 is 0 Å². The van der Waals surface area contributed by atoms with Crippen molar-refractivity contribution in [3.05, 3.63) is 70.3 Å². The largest absolute Gasteiger partial charge is 0.384 e. The third kappa shape index (κ3) is 3.06. The Labute approximate surface area is 157 Å². The summed E-state index contributed by atoms with van der Waals surface area (Å²) in [6.45, 7) is 13.0. The first-order valence-electron chi connectivity index (χ1n) is 9.46. The smallest absolute Gasteiger partial charge is 0.142 e. The van der Waals surface area contributed by atoms with Crippen LogP contribution in [-0.2, 0) is 5.67 Å². The zero-order valence-corrected chi connectivity index (χ0v) is 16.8. The molecule has 0 heterocycles. The minimum absolute atomic E-state index is 0.522. The molecule has 0 aromatic heterocycles. The van der Waals surface area contributed by atoms with E-state index in [-0.39, 0.29) is 0 Å². The Bertz CT molecular complexity index is 859. The van der Waals surface area contributed by atoms with Gasteiger partial charge in [0.25, 0.3) is 0 Å². The maximum Gasteiger partial charge on any atom is 0.142 e. The molecule has 0 amide bonds. The molecule has 0 spiro atoms. The zero-order valence-electron chi connectivity index (χ0n) is 16.8. The number of nitrogens with one attached hydrogen (secondary N) is 1. The fourth-order valence-electron chi connectivity index (χ4n) is 3.92. The molecule has 2 aromatic rings. The third-order valence-corrected chi connectivity index (χ3v) is 6.16. The second kappa shape index (κ2) is 6.57. The van der Waals surface area contributed by atoms with E-state index in [2.05, 4.69) is 50.4 Å². The van der Waals surface area contributed by atoms with Crippen molar-refractivity contribution in [2.45, 2.75) is 53.6 Å². The van der Waals surface area contributed by atoms with Crippen LogP contribution in [-0.4, -0.2) is 6.54 Å². The number of fused-ring (bicyclic) bond motifs is 1. The molecule has 2 heteroatoms. The fraction of sp³-hybridized carbons (Fsp3) is 0.417. The Hall–Kier alpha value is -2.09. The van der Waals surface area contributed by atoms with Gasteiger partial charge in [-0.15, -0.1) is 0 Å². The van der Waals surface area contributed by atoms with Crippen LogP contribution < -0.4 is 5.32 Å². The normalized spacial score (nSPS) is 21.1. The van der Waals surface area contributed by atoms with Gasteiger partial charge in [-0.05, 0) is 67.5 Å². The molecule has 0 saturated carbocycles. The van der Waals surface area contributed by atoms with Crippen molar-refractivity contribution in [3.8, 4) is 0 Å². The van der Waals surface area contributed by atoms with Crippen LogP contribution in [0.2, 0.25) is 0 Å². The molecule has 1 atom stereocenters. The highest BCUT2D eigenvalue weighted by Gasteiger charge is 2.45. The molecule has 0 bridgehead atoms. The predicted molar refractivity (Wildman–Crippen MR) is 110 cm³/mol. The van der Waals surface area contributed by atoms with Gasteiger partial charge in [0.15, 0.2) is 0 Å². The fourth-order valence-corrected chi connectivity index (χ4v) is 3.92. The molecule has 0 saturated heterocycles. The van der Waals surface area contributed by atoms with E-state index >= 15 is 4.39 Å². The maximum absolute atomic E-state index is 15.5. The highest BCUT2D eigenvalue weighted by Crippen LogP contribution is 2.51. The van der Waals surface area contributed by atoms with Crippen LogP contribution in [0.1, 0.15) is 55.0 Å². The van der Waals surface area contributed by atoms with Crippen LogP contribution in [0, 0.1) is 26.2 Å². The quantitative estimate of drug-likeness (QED) is 0.644. The van der Waals surface area contributed by atoms with Crippen molar-refractivity contribution in [1.82, 2.24) is 0 Å².